The molecule has 178 valence electrons. The number of carbonyl (C=O) groups is 4. The van der Waals surface area contributed by atoms with Gasteiger partial charge < -0.3 is 10.2 Å². The number of nitrogens with one attached hydrogen (secondary N) is 1. The summed E-state index contributed by atoms with van der Waals surface area (Å²) in [6.45, 7) is 6.81. The van der Waals surface area contributed by atoms with Crippen LogP contribution in [0.1, 0.15) is 52.0 Å². The number of carbonyl (C=O) groups excluding carboxylic acids is 4. The van der Waals surface area contributed by atoms with Crippen molar-refractivity contribution in [1.29, 1.82) is 0 Å². The van der Waals surface area contributed by atoms with Crippen molar-refractivity contribution < 1.29 is 19.2 Å². The molecule has 3 atom stereocenters. The highest BCUT2D eigenvalue weighted by Gasteiger charge is 2.47. The maximum Gasteiger partial charge on any atom is 0.242 e. The Kier molecular flexibility index (Phi) is 8.42. The monoisotopic (exact) mass is 453 g/mol. The number of rotatable bonds is 10. The van der Waals surface area contributed by atoms with Gasteiger partial charge in [-0.05, 0) is 30.7 Å². The number of amides is 4. The molecule has 0 spiro atoms. The first-order valence-corrected chi connectivity index (χ1v) is 11.9. The van der Waals surface area contributed by atoms with E-state index in [1.807, 2.05) is 63.3 Å². The van der Waals surface area contributed by atoms with Crippen molar-refractivity contribution in [2.75, 3.05) is 13.1 Å². The van der Waals surface area contributed by atoms with E-state index in [4.69, 9.17) is 0 Å². The second-order valence-electron chi connectivity index (χ2n) is 9.30. The highest BCUT2D eigenvalue weighted by atomic mass is 16.2. The summed E-state index contributed by atoms with van der Waals surface area (Å²) in [4.78, 5) is 54.6. The van der Waals surface area contributed by atoms with Crippen LogP contribution >= 0.6 is 0 Å². The van der Waals surface area contributed by atoms with Gasteiger partial charge in [-0.1, -0.05) is 63.3 Å². The quantitative estimate of drug-likeness (QED) is 0.436. The molecule has 3 rings (SSSR count). The van der Waals surface area contributed by atoms with E-state index in [0.29, 0.717) is 38.3 Å². The zero-order chi connectivity index (χ0) is 24.0. The highest BCUT2D eigenvalue weighted by molar-refractivity contribution is 6.05. The fraction of sp³-hybridized carbons (Fsp3) is 0.538. The number of likely N-dealkylation sites (tertiary alicyclic amines) is 1. The molecule has 7 nitrogen and oxygen atoms in total. The predicted molar refractivity (Wildman–Crippen MR) is 126 cm³/mol. The van der Waals surface area contributed by atoms with E-state index >= 15 is 0 Å². The summed E-state index contributed by atoms with van der Waals surface area (Å²) in [6, 6.07) is 8.92. The number of hydrogen-bond donors (Lipinski definition) is 1. The van der Waals surface area contributed by atoms with Gasteiger partial charge in [0.1, 0.15) is 6.04 Å². The van der Waals surface area contributed by atoms with Crippen molar-refractivity contribution in [3.8, 4) is 0 Å². The first kappa shape index (κ1) is 24.7. The Morgan fingerprint density at radius 2 is 1.67 bits per heavy atom. The van der Waals surface area contributed by atoms with Gasteiger partial charge in [0.25, 0.3) is 0 Å². The van der Waals surface area contributed by atoms with Gasteiger partial charge in [0.2, 0.25) is 23.6 Å². The van der Waals surface area contributed by atoms with Crippen LogP contribution in [0.4, 0.5) is 0 Å². The highest BCUT2D eigenvalue weighted by Crippen LogP contribution is 2.35. The van der Waals surface area contributed by atoms with E-state index in [2.05, 4.69) is 5.32 Å². The predicted octanol–water partition coefficient (Wildman–Crippen LogP) is 2.91. The normalized spacial score (nSPS) is 20.7. The SMILES string of the molecule is CCC(C(=O)NCC(C)C)N(Cc1ccccc1)C(=O)CCN1C(=O)[C@H]2CC=CC[C@H]2C1=O. The lowest BCUT2D eigenvalue weighted by molar-refractivity contribution is -0.144. The van der Waals surface area contributed by atoms with Gasteiger partial charge >= 0.3 is 0 Å². The Balaban J connectivity index is 1.72. The molecule has 1 aliphatic carbocycles. The summed E-state index contributed by atoms with van der Waals surface area (Å²) in [6.07, 6.45) is 5.53. The molecule has 0 saturated carbocycles. The molecule has 1 unspecified atom stereocenters. The van der Waals surface area contributed by atoms with Gasteiger partial charge in [0.05, 0.1) is 11.8 Å². The van der Waals surface area contributed by atoms with Crippen LogP contribution in [0.25, 0.3) is 0 Å². The van der Waals surface area contributed by atoms with E-state index < -0.39 is 6.04 Å². The number of nitrogens with zero attached hydrogens (tertiary/aromatic N) is 2. The Morgan fingerprint density at radius 3 is 2.21 bits per heavy atom. The Hall–Kier alpha value is -2.96. The molecule has 0 aromatic heterocycles. The average molecular weight is 454 g/mol. The molecule has 33 heavy (non-hydrogen) atoms. The molecule has 1 aromatic carbocycles. The van der Waals surface area contributed by atoms with Crippen molar-refractivity contribution in [2.45, 2.75) is 59.0 Å². The minimum absolute atomic E-state index is 0.00510. The van der Waals surface area contributed by atoms with Crippen LogP contribution in [0, 0.1) is 17.8 Å². The van der Waals surface area contributed by atoms with Crippen LogP contribution in [-0.4, -0.2) is 52.6 Å². The summed E-state index contributed by atoms with van der Waals surface area (Å²) < 4.78 is 0. The minimum atomic E-state index is -0.617. The number of fused-ring (bicyclic) bond motifs is 1. The summed E-state index contributed by atoms with van der Waals surface area (Å²) in [5, 5.41) is 2.94. The topological polar surface area (TPSA) is 86.8 Å². The first-order chi connectivity index (χ1) is 15.8. The van der Waals surface area contributed by atoms with Crippen LogP contribution in [0.2, 0.25) is 0 Å². The summed E-state index contributed by atoms with van der Waals surface area (Å²) >= 11 is 0. The number of hydrogen-bond acceptors (Lipinski definition) is 4. The van der Waals surface area contributed by atoms with Crippen LogP contribution in [0.3, 0.4) is 0 Å². The standard InChI is InChI=1S/C26H35N3O4/c1-4-22(24(31)27-16-18(2)3)29(17-19-10-6-5-7-11-19)23(30)14-15-28-25(32)20-12-8-9-13-21(20)26(28)33/h5-11,18,20-22H,4,12-17H2,1-3H3,(H,27,31)/t20-,21+,22?. The summed E-state index contributed by atoms with van der Waals surface area (Å²) in [7, 11) is 0. The number of imide groups is 1. The van der Waals surface area contributed by atoms with E-state index in [0.717, 1.165) is 5.56 Å². The molecule has 2 aliphatic rings. The molecule has 1 saturated heterocycles. The molecule has 1 aromatic rings. The smallest absolute Gasteiger partial charge is 0.242 e. The average Bonchev–Trinajstić information content (AvgIpc) is 3.06. The molecule has 1 heterocycles. The van der Waals surface area contributed by atoms with Crippen molar-refractivity contribution in [2.24, 2.45) is 17.8 Å². The van der Waals surface area contributed by atoms with E-state index in [1.54, 1.807) is 4.90 Å². The molecule has 1 aliphatic heterocycles. The third-order valence-electron chi connectivity index (χ3n) is 6.41. The van der Waals surface area contributed by atoms with E-state index in [1.165, 1.54) is 4.90 Å². The lowest BCUT2D eigenvalue weighted by atomic mass is 9.85. The third-order valence-corrected chi connectivity index (χ3v) is 6.41. The Labute approximate surface area is 196 Å². The first-order valence-electron chi connectivity index (χ1n) is 11.9. The number of benzene rings is 1. The number of allylic oxidation sites excluding steroid dienone is 2. The van der Waals surface area contributed by atoms with Gasteiger partial charge in [-0.3, -0.25) is 24.1 Å². The fourth-order valence-electron chi connectivity index (χ4n) is 4.56. The third kappa shape index (κ3) is 5.89. The molecular weight excluding hydrogens is 418 g/mol. The Bertz CT molecular complexity index is 870. The van der Waals surface area contributed by atoms with Gasteiger partial charge in [-0.2, -0.15) is 0 Å². The molecule has 0 bridgehead atoms. The summed E-state index contributed by atoms with van der Waals surface area (Å²) in [5.41, 5.74) is 0.923. The molecule has 0 radical (unpaired) electrons. The summed E-state index contributed by atoms with van der Waals surface area (Å²) in [5.74, 6) is -1.08. The zero-order valence-electron chi connectivity index (χ0n) is 19.8. The largest absolute Gasteiger partial charge is 0.354 e. The molecule has 1 N–H and O–H groups in total. The second kappa shape index (κ2) is 11.3. The van der Waals surface area contributed by atoms with Gasteiger partial charge in [0.15, 0.2) is 0 Å². The van der Waals surface area contributed by atoms with Crippen molar-refractivity contribution >= 4 is 23.6 Å². The van der Waals surface area contributed by atoms with Gasteiger partial charge in [-0.15, -0.1) is 0 Å². The maximum absolute atomic E-state index is 13.4. The molecule has 1 fully saturated rings. The molecule has 4 amide bonds. The zero-order valence-corrected chi connectivity index (χ0v) is 19.8. The maximum atomic E-state index is 13.4. The lowest BCUT2D eigenvalue weighted by Gasteiger charge is -2.31. The van der Waals surface area contributed by atoms with Crippen LogP contribution in [-0.2, 0) is 25.7 Å². The van der Waals surface area contributed by atoms with Crippen LogP contribution in [0.5, 0.6) is 0 Å². The van der Waals surface area contributed by atoms with Gasteiger partial charge in [0, 0.05) is 26.1 Å². The van der Waals surface area contributed by atoms with Crippen molar-refractivity contribution in [3.63, 3.8) is 0 Å². The lowest BCUT2D eigenvalue weighted by Crippen LogP contribution is -2.50. The fourth-order valence-corrected chi connectivity index (χ4v) is 4.56. The molecule has 7 heteroatoms. The second-order valence-corrected chi connectivity index (χ2v) is 9.30. The van der Waals surface area contributed by atoms with Crippen molar-refractivity contribution in [3.05, 3.63) is 48.0 Å². The van der Waals surface area contributed by atoms with Crippen LogP contribution < -0.4 is 5.32 Å². The van der Waals surface area contributed by atoms with Crippen LogP contribution in [0.15, 0.2) is 42.5 Å². The van der Waals surface area contributed by atoms with Crippen molar-refractivity contribution in [1.82, 2.24) is 15.1 Å². The van der Waals surface area contributed by atoms with Gasteiger partial charge in [-0.25, -0.2) is 0 Å². The Morgan fingerprint density at radius 1 is 1.06 bits per heavy atom. The minimum Gasteiger partial charge on any atom is -0.354 e. The van der Waals surface area contributed by atoms with E-state index in [-0.39, 0.29) is 48.4 Å². The molecular formula is C26H35N3O4. The van der Waals surface area contributed by atoms with E-state index in [9.17, 15) is 19.2 Å².